The maximum Gasteiger partial charge on any atom is 0.150 e. The normalized spacial score (nSPS) is 11.4. The molecular weight excluding hydrogens is 342 g/mol. The molecule has 0 unspecified atom stereocenters. The lowest BCUT2D eigenvalue weighted by Gasteiger charge is -2.38. The van der Waals surface area contributed by atoms with Crippen molar-refractivity contribution in [2.45, 2.75) is 42.9 Å². The SMILES string of the molecule is CC(C)(N)C(C)(C)Sc1cc(C=O)ccc1C#Cc1ccc(C=O)cc1. The van der Waals surface area contributed by atoms with Crippen LogP contribution in [0.3, 0.4) is 0 Å². The average Bonchev–Trinajstić information content (AvgIpc) is 2.59. The van der Waals surface area contributed by atoms with Crippen LogP contribution in [0.15, 0.2) is 47.4 Å². The first-order valence-electron chi connectivity index (χ1n) is 8.31. The number of benzene rings is 2. The van der Waals surface area contributed by atoms with E-state index in [1.54, 1.807) is 30.0 Å². The lowest BCUT2D eigenvalue weighted by Crippen LogP contribution is -2.50. The van der Waals surface area contributed by atoms with Gasteiger partial charge in [0.2, 0.25) is 0 Å². The van der Waals surface area contributed by atoms with E-state index < -0.39 is 5.54 Å². The van der Waals surface area contributed by atoms with Crippen molar-refractivity contribution in [3.8, 4) is 11.8 Å². The maximum atomic E-state index is 11.2. The zero-order valence-corrected chi connectivity index (χ0v) is 16.3. The van der Waals surface area contributed by atoms with Gasteiger partial charge in [0, 0.05) is 37.4 Å². The van der Waals surface area contributed by atoms with E-state index >= 15 is 0 Å². The van der Waals surface area contributed by atoms with E-state index in [1.807, 2.05) is 38.1 Å². The highest BCUT2D eigenvalue weighted by atomic mass is 32.2. The quantitative estimate of drug-likeness (QED) is 0.487. The van der Waals surface area contributed by atoms with E-state index in [2.05, 4.69) is 25.7 Å². The topological polar surface area (TPSA) is 60.2 Å². The molecule has 26 heavy (non-hydrogen) atoms. The van der Waals surface area contributed by atoms with Crippen LogP contribution in [0.5, 0.6) is 0 Å². The molecule has 0 heterocycles. The van der Waals surface area contributed by atoms with Gasteiger partial charge in [0.25, 0.3) is 0 Å². The zero-order valence-electron chi connectivity index (χ0n) is 15.5. The summed E-state index contributed by atoms with van der Waals surface area (Å²) in [6.45, 7) is 8.15. The Morgan fingerprint density at radius 1 is 0.885 bits per heavy atom. The molecule has 0 atom stereocenters. The van der Waals surface area contributed by atoms with Crippen molar-refractivity contribution < 1.29 is 9.59 Å². The van der Waals surface area contributed by atoms with Crippen LogP contribution in [0.1, 0.15) is 59.5 Å². The van der Waals surface area contributed by atoms with Crippen LogP contribution in [-0.2, 0) is 0 Å². The maximum absolute atomic E-state index is 11.2. The molecule has 0 saturated heterocycles. The molecule has 0 radical (unpaired) electrons. The molecule has 0 aliphatic heterocycles. The van der Waals surface area contributed by atoms with Gasteiger partial charge in [-0.05, 0) is 52.0 Å². The van der Waals surface area contributed by atoms with Crippen molar-refractivity contribution in [1.82, 2.24) is 0 Å². The van der Waals surface area contributed by atoms with Gasteiger partial charge in [-0.25, -0.2) is 0 Å². The zero-order chi connectivity index (χ0) is 19.4. The van der Waals surface area contributed by atoms with Crippen molar-refractivity contribution >= 4 is 24.3 Å². The van der Waals surface area contributed by atoms with E-state index in [4.69, 9.17) is 5.73 Å². The summed E-state index contributed by atoms with van der Waals surface area (Å²) >= 11 is 1.62. The van der Waals surface area contributed by atoms with Crippen molar-refractivity contribution in [2.24, 2.45) is 5.73 Å². The number of carbonyl (C=O) groups excluding carboxylic acids is 2. The molecule has 2 aromatic rings. The van der Waals surface area contributed by atoms with Gasteiger partial charge >= 0.3 is 0 Å². The van der Waals surface area contributed by atoms with E-state index in [0.29, 0.717) is 11.1 Å². The predicted molar refractivity (Wildman–Crippen MR) is 108 cm³/mol. The Kier molecular flexibility index (Phi) is 6.07. The monoisotopic (exact) mass is 365 g/mol. The lowest BCUT2D eigenvalue weighted by atomic mass is 9.91. The molecule has 0 amide bonds. The van der Waals surface area contributed by atoms with Gasteiger partial charge in [-0.15, -0.1) is 11.8 Å². The molecule has 2 N–H and O–H groups in total. The van der Waals surface area contributed by atoms with Gasteiger partial charge in [-0.3, -0.25) is 9.59 Å². The smallest absolute Gasteiger partial charge is 0.150 e. The first-order chi connectivity index (χ1) is 12.2. The molecule has 0 aliphatic carbocycles. The van der Waals surface area contributed by atoms with E-state index in [-0.39, 0.29) is 4.75 Å². The molecule has 0 aromatic heterocycles. The van der Waals surface area contributed by atoms with Crippen molar-refractivity contribution in [1.29, 1.82) is 0 Å². The lowest BCUT2D eigenvalue weighted by molar-refractivity contribution is 0.111. The fourth-order valence-corrected chi connectivity index (χ4v) is 3.23. The predicted octanol–water partition coefficient (Wildman–Crippen LogP) is 4.32. The highest BCUT2D eigenvalue weighted by molar-refractivity contribution is 8.00. The van der Waals surface area contributed by atoms with E-state index in [0.717, 1.165) is 28.6 Å². The second-order valence-corrected chi connectivity index (χ2v) is 8.86. The van der Waals surface area contributed by atoms with Crippen LogP contribution in [0.2, 0.25) is 0 Å². The summed E-state index contributed by atoms with van der Waals surface area (Å²) in [5.74, 6) is 6.29. The number of hydrogen-bond acceptors (Lipinski definition) is 4. The molecule has 0 aliphatic rings. The molecule has 0 bridgehead atoms. The van der Waals surface area contributed by atoms with Crippen LogP contribution >= 0.6 is 11.8 Å². The molecular formula is C22H23NO2S. The molecule has 134 valence electrons. The number of hydrogen-bond donors (Lipinski definition) is 1. The molecule has 0 saturated carbocycles. The molecule has 2 rings (SSSR count). The average molecular weight is 365 g/mol. The first-order valence-corrected chi connectivity index (χ1v) is 9.12. The summed E-state index contributed by atoms with van der Waals surface area (Å²) in [6.07, 6.45) is 1.64. The third-order valence-corrected chi connectivity index (χ3v) is 6.04. The van der Waals surface area contributed by atoms with Gasteiger partial charge in [-0.1, -0.05) is 30.0 Å². The fraction of sp³-hybridized carbons (Fsp3) is 0.273. The minimum Gasteiger partial charge on any atom is -0.324 e. The van der Waals surface area contributed by atoms with Crippen molar-refractivity contribution in [3.63, 3.8) is 0 Å². The highest BCUT2D eigenvalue weighted by Crippen LogP contribution is 2.40. The number of aldehydes is 2. The Balaban J connectivity index is 2.41. The molecule has 3 nitrogen and oxygen atoms in total. The minimum absolute atomic E-state index is 0.253. The van der Waals surface area contributed by atoms with Gasteiger partial charge in [0.15, 0.2) is 0 Å². The largest absolute Gasteiger partial charge is 0.324 e. The van der Waals surface area contributed by atoms with Crippen molar-refractivity contribution in [2.75, 3.05) is 0 Å². The van der Waals surface area contributed by atoms with Crippen molar-refractivity contribution in [3.05, 3.63) is 64.7 Å². The van der Waals surface area contributed by atoms with Gasteiger partial charge in [-0.2, -0.15) is 0 Å². The summed E-state index contributed by atoms with van der Waals surface area (Å²) < 4.78 is -0.253. The fourth-order valence-electron chi connectivity index (χ4n) is 1.99. The molecule has 4 heteroatoms. The summed E-state index contributed by atoms with van der Waals surface area (Å²) in [5, 5.41) is 0. The number of rotatable bonds is 5. The number of nitrogens with two attached hydrogens (primary N) is 1. The number of carbonyl (C=O) groups is 2. The van der Waals surface area contributed by atoms with Gasteiger partial charge in [0.1, 0.15) is 12.6 Å². The Bertz CT molecular complexity index is 866. The third-order valence-electron chi connectivity index (χ3n) is 4.45. The highest BCUT2D eigenvalue weighted by Gasteiger charge is 2.35. The van der Waals surface area contributed by atoms with Crippen LogP contribution in [0.25, 0.3) is 0 Å². The first kappa shape index (κ1) is 20.0. The Labute approximate surface area is 159 Å². The molecule has 0 fully saturated rings. The van der Waals surface area contributed by atoms with Gasteiger partial charge in [0.05, 0.1) is 0 Å². The van der Waals surface area contributed by atoms with E-state index in [9.17, 15) is 9.59 Å². The minimum atomic E-state index is -0.412. The third kappa shape index (κ3) is 4.85. The van der Waals surface area contributed by atoms with Crippen LogP contribution in [0.4, 0.5) is 0 Å². The Hall–Kier alpha value is -2.35. The van der Waals surface area contributed by atoms with Crippen LogP contribution in [0, 0.1) is 11.8 Å². The Morgan fingerprint density at radius 2 is 1.46 bits per heavy atom. The standard InChI is InChI=1S/C22H23NO2S/c1-21(2,23)22(3,4)26-20-13-18(15-25)10-12-19(20)11-9-16-5-7-17(14-24)8-6-16/h5-8,10,12-15H,23H2,1-4H3. The van der Waals surface area contributed by atoms with Gasteiger partial charge < -0.3 is 5.73 Å². The van der Waals surface area contributed by atoms with E-state index in [1.165, 1.54) is 0 Å². The van der Waals surface area contributed by atoms with Crippen LogP contribution in [-0.4, -0.2) is 22.9 Å². The Morgan fingerprint density at radius 3 is 2.00 bits per heavy atom. The summed E-state index contributed by atoms with van der Waals surface area (Å²) in [6, 6.07) is 12.6. The summed E-state index contributed by atoms with van der Waals surface area (Å²) in [7, 11) is 0. The summed E-state index contributed by atoms with van der Waals surface area (Å²) in [5.41, 5.74) is 8.80. The molecule has 0 spiro atoms. The van der Waals surface area contributed by atoms with Crippen LogP contribution < -0.4 is 5.73 Å². The second kappa shape index (κ2) is 7.90. The molecule has 2 aromatic carbocycles. The second-order valence-electron chi connectivity index (χ2n) is 7.20. The number of thioether (sulfide) groups is 1. The summed E-state index contributed by atoms with van der Waals surface area (Å²) in [4.78, 5) is 22.8.